The maximum absolute atomic E-state index is 12.9. The van der Waals surface area contributed by atoms with Crippen molar-refractivity contribution in [3.05, 3.63) is 65.7 Å². The predicted octanol–water partition coefficient (Wildman–Crippen LogP) is 1.93. The molecule has 3 rings (SSSR count). The van der Waals surface area contributed by atoms with Gasteiger partial charge in [0.2, 0.25) is 0 Å². The van der Waals surface area contributed by atoms with Crippen molar-refractivity contribution in [3.63, 3.8) is 0 Å². The molecule has 1 heterocycles. The summed E-state index contributed by atoms with van der Waals surface area (Å²) >= 11 is 0. The Kier molecular flexibility index (Phi) is 6.16. The van der Waals surface area contributed by atoms with Crippen LogP contribution in [-0.2, 0) is 4.79 Å². The van der Waals surface area contributed by atoms with Crippen molar-refractivity contribution >= 4 is 17.7 Å². The van der Waals surface area contributed by atoms with Crippen molar-refractivity contribution < 1.29 is 19.1 Å². The first-order chi connectivity index (χ1) is 13.9. The number of ether oxygens (including phenoxy) is 1. The summed E-state index contributed by atoms with van der Waals surface area (Å²) in [7, 11) is 0. The summed E-state index contributed by atoms with van der Waals surface area (Å²) in [5.74, 6) is -0.555. The summed E-state index contributed by atoms with van der Waals surface area (Å²) in [6.07, 6.45) is -0.783. The molecule has 7 nitrogen and oxygen atoms in total. The molecular weight excluding hydrogens is 370 g/mol. The zero-order chi connectivity index (χ0) is 21.0. The summed E-state index contributed by atoms with van der Waals surface area (Å²) in [5.41, 5.74) is 6.24. The number of piperazine rings is 1. The van der Waals surface area contributed by atoms with E-state index in [1.54, 1.807) is 53.1 Å². The van der Waals surface area contributed by atoms with Crippen molar-refractivity contribution in [2.75, 3.05) is 19.6 Å². The molecule has 2 N–H and O–H groups in total. The molecule has 0 saturated carbocycles. The average Bonchev–Trinajstić information content (AvgIpc) is 2.73. The van der Waals surface area contributed by atoms with Crippen molar-refractivity contribution in [2.24, 2.45) is 5.73 Å². The first-order valence-corrected chi connectivity index (χ1v) is 9.58. The highest BCUT2D eigenvalue weighted by Crippen LogP contribution is 2.21. The van der Waals surface area contributed by atoms with Gasteiger partial charge in [0.1, 0.15) is 5.75 Å². The van der Waals surface area contributed by atoms with Crippen molar-refractivity contribution in [3.8, 4) is 5.75 Å². The topological polar surface area (TPSA) is 92.9 Å². The smallest absolute Gasteiger partial charge is 0.263 e. The summed E-state index contributed by atoms with van der Waals surface area (Å²) in [5, 5.41) is 0. The van der Waals surface area contributed by atoms with E-state index in [9.17, 15) is 14.4 Å². The number of carbonyl (C=O) groups excluding carboxylic acids is 3. The maximum atomic E-state index is 12.9. The van der Waals surface area contributed by atoms with E-state index in [-0.39, 0.29) is 29.2 Å². The molecule has 152 valence electrons. The van der Waals surface area contributed by atoms with E-state index < -0.39 is 12.0 Å². The van der Waals surface area contributed by atoms with Crippen LogP contribution in [-0.4, -0.2) is 59.3 Å². The van der Waals surface area contributed by atoms with Gasteiger partial charge in [-0.2, -0.15) is 0 Å². The summed E-state index contributed by atoms with van der Waals surface area (Å²) in [6.45, 7) is 4.88. The highest BCUT2D eigenvalue weighted by Gasteiger charge is 2.33. The van der Waals surface area contributed by atoms with E-state index in [1.165, 1.54) is 0 Å². The number of para-hydroxylation sites is 1. The third-order valence-electron chi connectivity index (χ3n) is 5.02. The normalized spacial score (nSPS) is 17.5. The van der Waals surface area contributed by atoms with Gasteiger partial charge in [-0.15, -0.1) is 0 Å². The highest BCUT2D eigenvalue weighted by molar-refractivity contribution is 5.96. The van der Waals surface area contributed by atoms with Crippen molar-refractivity contribution in [2.45, 2.75) is 26.0 Å². The Balaban J connectivity index is 1.64. The molecule has 1 saturated heterocycles. The maximum Gasteiger partial charge on any atom is 0.263 e. The molecule has 2 aromatic rings. The van der Waals surface area contributed by atoms with E-state index in [4.69, 9.17) is 10.5 Å². The van der Waals surface area contributed by atoms with Gasteiger partial charge < -0.3 is 20.3 Å². The molecule has 0 aliphatic carbocycles. The molecule has 2 aromatic carbocycles. The number of nitrogens with zero attached hydrogens (tertiary/aromatic N) is 2. The van der Waals surface area contributed by atoms with Crippen molar-refractivity contribution in [1.82, 2.24) is 9.80 Å². The van der Waals surface area contributed by atoms with Crippen LogP contribution in [0.25, 0.3) is 0 Å². The number of hydrogen-bond donors (Lipinski definition) is 1. The number of nitrogens with two attached hydrogens (primary N) is 1. The molecule has 0 spiro atoms. The zero-order valence-electron chi connectivity index (χ0n) is 16.6. The van der Waals surface area contributed by atoms with Crippen LogP contribution in [0.15, 0.2) is 54.6 Å². The Labute approximate surface area is 170 Å². The minimum atomic E-state index is -0.783. The number of primary amides is 1. The quantitative estimate of drug-likeness (QED) is 0.837. The molecule has 1 aliphatic rings. The Hall–Kier alpha value is -3.35. The summed E-state index contributed by atoms with van der Waals surface area (Å²) in [6, 6.07) is 15.5. The molecule has 2 atom stereocenters. The summed E-state index contributed by atoms with van der Waals surface area (Å²) < 4.78 is 5.74. The third kappa shape index (κ3) is 4.56. The van der Waals surface area contributed by atoms with E-state index in [0.29, 0.717) is 25.2 Å². The molecule has 29 heavy (non-hydrogen) atoms. The standard InChI is InChI=1S/C22H25N3O4/c1-15-14-24(22(28)17-8-4-3-5-9-17)12-13-25(15)21(27)16(2)29-19-11-7-6-10-18(19)20(23)26/h3-11,15-16H,12-14H2,1-2H3,(H2,23,26)/t15-,16?/m1/s1. The molecule has 1 aliphatic heterocycles. The number of hydrogen-bond acceptors (Lipinski definition) is 4. The zero-order valence-corrected chi connectivity index (χ0v) is 16.6. The molecule has 7 heteroatoms. The predicted molar refractivity (Wildman–Crippen MR) is 109 cm³/mol. The highest BCUT2D eigenvalue weighted by atomic mass is 16.5. The molecule has 3 amide bonds. The van der Waals surface area contributed by atoms with Crippen LogP contribution in [0, 0.1) is 0 Å². The molecular formula is C22H25N3O4. The van der Waals surface area contributed by atoms with Gasteiger partial charge >= 0.3 is 0 Å². The largest absolute Gasteiger partial charge is 0.480 e. The fraction of sp³-hybridized carbons (Fsp3) is 0.318. The van der Waals surface area contributed by atoms with Crippen LogP contribution in [0.4, 0.5) is 0 Å². The van der Waals surface area contributed by atoms with E-state index >= 15 is 0 Å². The van der Waals surface area contributed by atoms with Crippen LogP contribution in [0.2, 0.25) is 0 Å². The third-order valence-corrected chi connectivity index (χ3v) is 5.02. The lowest BCUT2D eigenvalue weighted by molar-refractivity contribution is -0.142. The van der Waals surface area contributed by atoms with E-state index in [1.807, 2.05) is 25.1 Å². The Bertz CT molecular complexity index is 900. The fourth-order valence-corrected chi connectivity index (χ4v) is 3.48. The number of carbonyl (C=O) groups is 3. The second-order valence-corrected chi connectivity index (χ2v) is 7.12. The number of amides is 3. The fourth-order valence-electron chi connectivity index (χ4n) is 3.48. The van der Waals surface area contributed by atoms with Gasteiger partial charge in [0.25, 0.3) is 17.7 Å². The SMILES string of the molecule is CC(Oc1ccccc1C(N)=O)C(=O)N1CCN(C(=O)c2ccccc2)C[C@H]1C. The van der Waals surface area contributed by atoms with Gasteiger partial charge in [0.15, 0.2) is 6.10 Å². The lowest BCUT2D eigenvalue weighted by Gasteiger charge is -2.40. The van der Waals surface area contributed by atoms with Gasteiger partial charge in [-0.25, -0.2) is 0 Å². The second kappa shape index (κ2) is 8.77. The number of benzene rings is 2. The number of rotatable bonds is 5. The van der Waals surface area contributed by atoms with Gasteiger partial charge in [0.05, 0.1) is 5.56 Å². The Morgan fingerprint density at radius 1 is 1.03 bits per heavy atom. The van der Waals surface area contributed by atoms with Gasteiger partial charge in [-0.1, -0.05) is 30.3 Å². The lowest BCUT2D eigenvalue weighted by atomic mass is 10.1. The van der Waals surface area contributed by atoms with Crippen LogP contribution < -0.4 is 10.5 Å². The Morgan fingerprint density at radius 2 is 1.69 bits per heavy atom. The molecule has 1 unspecified atom stereocenters. The summed E-state index contributed by atoms with van der Waals surface area (Å²) in [4.78, 5) is 40.6. The minimum absolute atomic E-state index is 0.0377. The van der Waals surface area contributed by atoms with Gasteiger partial charge in [-0.05, 0) is 38.1 Å². The molecule has 1 fully saturated rings. The molecule has 0 radical (unpaired) electrons. The average molecular weight is 395 g/mol. The second-order valence-electron chi connectivity index (χ2n) is 7.12. The van der Waals surface area contributed by atoms with E-state index in [2.05, 4.69) is 0 Å². The van der Waals surface area contributed by atoms with Crippen LogP contribution in [0.3, 0.4) is 0 Å². The van der Waals surface area contributed by atoms with Crippen LogP contribution in [0.1, 0.15) is 34.6 Å². The van der Waals surface area contributed by atoms with E-state index in [0.717, 1.165) is 0 Å². The monoisotopic (exact) mass is 395 g/mol. The first-order valence-electron chi connectivity index (χ1n) is 9.58. The lowest BCUT2D eigenvalue weighted by Crippen LogP contribution is -2.57. The molecule has 0 bridgehead atoms. The van der Waals surface area contributed by atoms with Crippen molar-refractivity contribution in [1.29, 1.82) is 0 Å². The Morgan fingerprint density at radius 3 is 2.34 bits per heavy atom. The van der Waals surface area contributed by atoms with Gasteiger partial charge in [-0.3, -0.25) is 14.4 Å². The van der Waals surface area contributed by atoms with Gasteiger partial charge in [0, 0.05) is 31.2 Å². The van der Waals surface area contributed by atoms with Crippen LogP contribution in [0.5, 0.6) is 5.75 Å². The molecule has 0 aromatic heterocycles. The minimum Gasteiger partial charge on any atom is -0.480 e. The first kappa shape index (κ1) is 20.4. The van der Waals surface area contributed by atoms with Crippen LogP contribution >= 0.6 is 0 Å².